The third-order valence-corrected chi connectivity index (χ3v) is 2.41. The molecule has 5 heteroatoms. The molecule has 1 heterocycles. The average molecular weight is 233 g/mol. The number of methoxy groups -OCH3 is 1. The standard InChI is InChI=1S/C12H12FN3O/c1-17-10-4-2-7(6-9(10)13)8-3-5-11(14)16-12(8)15/h2-6H,1H3,(H4,14,15,16). The molecule has 0 aliphatic heterocycles. The molecule has 0 aliphatic rings. The smallest absolute Gasteiger partial charge is 0.165 e. The molecule has 4 nitrogen and oxygen atoms in total. The average Bonchev–Trinajstić information content (AvgIpc) is 2.29. The zero-order valence-corrected chi connectivity index (χ0v) is 9.27. The minimum Gasteiger partial charge on any atom is -0.494 e. The SMILES string of the molecule is COc1ccc(-c2ccc(N)nc2N)cc1F. The van der Waals surface area contributed by atoms with Crippen LogP contribution in [0.4, 0.5) is 16.0 Å². The lowest BCUT2D eigenvalue weighted by molar-refractivity contribution is 0.386. The van der Waals surface area contributed by atoms with E-state index in [0.29, 0.717) is 16.9 Å². The van der Waals surface area contributed by atoms with Crippen LogP contribution in [-0.4, -0.2) is 12.1 Å². The van der Waals surface area contributed by atoms with Gasteiger partial charge in [-0.05, 0) is 29.8 Å². The van der Waals surface area contributed by atoms with Crippen LogP contribution in [0, 0.1) is 5.82 Å². The Morgan fingerprint density at radius 2 is 1.94 bits per heavy atom. The second kappa shape index (κ2) is 4.29. The maximum Gasteiger partial charge on any atom is 0.165 e. The fourth-order valence-electron chi connectivity index (χ4n) is 1.57. The Bertz CT molecular complexity index is 557. The van der Waals surface area contributed by atoms with Gasteiger partial charge in [-0.1, -0.05) is 6.07 Å². The first-order valence-electron chi connectivity index (χ1n) is 4.97. The predicted molar refractivity (Wildman–Crippen MR) is 65.0 cm³/mol. The van der Waals surface area contributed by atoms with Gasteiger partial charge >= 0.3 is 0 Å². The maximum absolute atomic E-state index is 13.5. The van der Waals surface area contributed by atoms with E-state index in [1.165, 1.54) is 13.2 Å². The van der Waals surface area contributed by atoms with Crippen LogP contribution >= 0.6 is 0 Å². The molecule has 1 aromatic heterocycles. The largest absolute Gasteiger partial charge is 0.494 e. The van der Waals surface area contributed by atoms with Gasteiger partial charge in [0.2, 0.25) is 0 Å². The summed E-state index contributed by atoms with van der Waals surface area (Å²) >= 11 is 0. The van der Waals surface area contributed by atoms with E-state index < -0.39 is 5.82 Å². The van der Waals surface area contributed by atoms with Crippen molar-refractivity contribution in [3.05, 3.63) is 36.1 Å². The van der Waals surface area contributed by atoms with Crippen molar-refractivity contribution in [1.29, 1.82) is 0 Å². The number of rotatable bonds is 2. The number of nitrogens with two attached hydrogens (primary N) is 2. The number of nitrogen functional groups attached to an aromatic ring is 2. The number of hydrogen-bond acceptors (Lipinski definition) is 4. The van der Waals surface area contributed by atoms with E-state index in [2.05, 4.69) is 4.98 Å². The van der Waals surface area contributed by atoms with Crippen LogP contribution in [0.1, 0.15) is 0 Å². The molecule has 0 amide bonds. The minimum atomic E-state index is -0.443. The lowest BCUT2D eigenvalue weighted by Crippen LogP contribution is -1.98. The first-order chi connectivity index (χ1) is 8.11. The van der Waals surface area contributed by atoms with Crippen LogP contribution in [-0.2, 0) is 0 Å². The summed E-state index contributed by atoms with van der Waals surface area (Å²) in [4.78, 5) is 3.92. The van der Waals surface area contributed by atoms with E-state index >= 15 is 0 Å². The fourth-order valence-corrected chi connectivity index (χ4v) is 1.57. The summed E-state index contributed by atoms with van der Waals surface area (Å²) in [7, 11) is 1.41. The Balaban J connectivity index is 2.50. The molecule has 0 fully saturated rings. The van der Waals surface area contributed by atoms with Gasteiger partial charge in [0.1, 0.15) is 11.6 Å². The highest BCUT2D eigenvalue weighted by Crippen LogP contribution is 2.28. The van der Waals surface area contributed by atoms with Gasteiger partial charge in [0.25, 0.3) is 0 Å². The molecule has 88 valence electrons. The van der Waals surface area contributed by atoms with E-state index in [1.807, 2.05) is 0 Å². The molecule has 0 radical (unpaired) electrons. The highest BCUT2D eigenvalue weighted by molar-refractivity contribution is 5.75. The molecule has 17 heavy (non-hydrogen) atoms. The van der Waals surface area contributed by atoms with Crippen molar-refractivity contribution in [2.24, 2.45) is 0 Å². The zero-order valence-electron chi connectivity index (χ0n) is 9.27. The lowest BCUT2D eigenvalue weighted by atomic mass is 10.1. The molecular weight excluding hydrogens is 221 g/mol. The van der Waals surface area contributed by atoms with Crippen LogP contribution in [0.5, 0.6) is 5.75 Å². The minimum absolute atomic E-state index is 0.190. The molecule has 0 atom stereocenters. The predicted octanol–water partition coefficient (Wildman–Crippen LogP) is 2.06. The zero-order chi connectivity index (χ0) is 12.4. The van der Waals surface area contributed by atoms with E-state index in [9.17, 15) is 4.39 Å². The molecule has 2 rings (SSSR count). The number of pyridine rings is 1. The van der Waals surface area contributed by atoms with Crippen molar-refractivity contribution >= 4 is 11.6 Å². The van der Waals surface area contributed by atoms with Gasteiger partial charge in [0, 0.05) is 5.56 Å². The van der Waals surface area contributed by atoms with Gasteiger partial charge < -0.3 is 16.2 Å². The van der Waals surface area contributed by atoms with Gasteiger partial charge in [0.15, 0.2) is 11.6 Å². The molecule has 0 unspecified atom stereocenters. The van der Waals surface area contributed by atoms with Crippen molar-refractivity contribution < 1.29 is 9.13 Å². The van der Waals surface area contributed by atoms with Gasteiger partial charge in [0.05, 0.1) is 7.11 Å². The normalized spacial score (nSPS) is 10.2. The van der Waals surface area contributed by atoms with E-state index in [0.717, 1.165) is 0 Å². The Hall–Kier alpha value is -2.30. The number of aromatic nitrogens is 1. The lowest BCUT2D eigenvalue weighted by Gasteiger charge is -2.07. The third kappa shape index (κ3) is 2.13. The number of benzene rings is 1. The molecule has 0 saturated carbocycles. The number of anilines is 2. The van der Waals surface area contributed by atoms with Crippen LogP contribution in [0.3, 0.4) is 0 Å². The first-order valence-corrected chi connectivity index (χ1v) is 4.97. The maximum atomic E-state index is 13.5. The summed E-state index contributed by atoms with van der Waals surface area (Å²) in [6.07, 6.45) is 0. The number of nitrogens with zero attached hydrogens (tertiary/aromatic N) is 1. The second-order valence-electron chi connectivity index (χ2n) is 3.52. The number of hydrogen-bond donors (Lipinski definition) is 2. The summed E-state index contributed by atoms with van der Waals surface area (Å²) in [5, 5.41) is 0. The van der Waals surface area contributed by atoms with Crippen molar-refractivity contribution in [3.63, 3.8) is 0 Å². The molecule has 1 aromatic carbocycles. The molecular formula is C12H12FN3O. The molecule has 4 N–H and O–H groups in total. The molecule has 0 aliphatic carbocycles. The van der Waals surface area contributed by atoms with E-state index in [1.54, 1.807) is 24.3 Å². The van der Waals surface area contributed by atoms with Gasteiger partial charge in [-0.15, -0.1) is 0 Å². The van der Waals surface area contributed by atoms with Crippen LogP contribution in [0.15, 0.2) is 30.3 Å². The number of ether oxygens (including phenoxy) is 1. The van der Waals surface area contributed by atoms with Crippen LogP contribution in [0.25, 0.3) is 11.1 Å². The summed E-state index contributed by atoms with van der Waals surface area (Å²) in [6, 6.07) is 7.93. The van der Waals surface area contributed by atoms with Crippen LogP contribution < -0.4 is 16.2 Å². The Labute approximate surface area is 98.0 Å². The van der Waals surface area contributed by atoms with Crippen molar-refractivity contribution in [2.75, 3.05) is 18.6 Å². The molecule has 0 bridgehead atoms. The molecule has 0 spiro atoms. The van der Waals surface area contributed by atoms with E-state index in [-0.39, 0.29) is 11.6 Å². The van der Waals surface area contributed by atoms with E-state index in [4.69, 9.17) is 16.2 Å². The van der Waals surface area contributed by atoms with Gasteiger partial charge in [-0.2, -0.15) is 0 Å². The van der Waals surface area contributed by atoms with Crippen LogP contribution in [0.2, 0.25) is 0 Å². The first kappa shape index (κ1) is 11.2. The monoisotopic (exact) mass is 233 g/mol. The summed E-state index contributed by atoms with van der Waals surface area (Å²) in [5.41, 5.74) is 12.5. The highest BCUT2D eigenvalue weighted by atomic mass is 19.1. The summed E-state index contributed by atoms with van der Waals surface area (Å²) in [6.45, 7) is 0. The highest BCUT2D eigenvalue weighted by Gasteiger charge is 2.08. The Kier molecular flexibility index (Phi) is 2.82. The number of halogens is 1. The molecule has 0 saturated heterocycles. The third-order valence-electron chi connectivity index (χ3n) is 2.41. The second-order valence-corrected chi connectivity index (χ2v) is 3.52. The Morgan fingerprint density at radius 3 is 2.53 bits per heavy atom. The van der Waals surface area contributed by atoms with Gasteiger partial charge in [-0.3, -0.25) is 0 Å². The molecule has 2 aromatic rings. The van der Waals surface area contributed by atoms with Gasteiger partial charge in [-0.25, -0.2) is 9.37 Å². The van der Waals surface area contributed by atoms with Crippen molar-refractivity contribution in [2.45, 2.75) is 0 Å². The quantitative estimate of drug-likeness (QED) is 0.832. The topological polar surface area (TPSA) is 74.2 Å². The Morgan fingerprint density at radius 1 is 1.18 bits per heavy atom. The summed E-state index contributed by atoms with van der Waals surface area (Å²) in [5.74, 6) is 0.353. The fraction of sp³-hybridized carbons (Fsp3) is 0.0833. The van der Waals surface area contributed by atoms with Crippen molar-refractivity contribution in [1.82, 2.24) is 4.98 Å². The summed E-state index contributed by atoms with van der Waals surface area (Å²) < 4.78 is 18.4. The van der Waals surface area contributed by atoms with Crippen molar-refractivity contribution in [3.8, 4) is 16.9 Å².